The van der Waals surface area contributed by atoms with Gasteiger partial charge in [-0.3, -0.25) is 4.90 Å². The summed E-state index contributed by atoms with van der Waals surface area (Å²) < 4.78 is 13.5. The van der Waals surface area contributed by atoms with E-state index in [1.54, 1.807) is 6.26 Å². The number of rotatable bonds is 4. The molecule has 0 aliphatic carbocycles. The Morgan fingerprint density at radius 2 is 2.25 bits per heavy atom. The molecule has 0 unspecified atom stereocenters. The lowest BCUT2D eigenvalue weighted by atomic mass is 9.99. The SMILES string of the molecule is Cn1ccnc1CN1CCOC[C@H](Cc2ccc3ccoc3c2)C1. The van der Waals surface area contributed by atoms with Crippen LogP contribution < -0.4 is 0 Å². The molecule has 0 radical (unpaired) electrons. The molecule has 3 heterocycles. The van der Waals surface area contributed by atoms with Gasteiger partial charge in [-0.25, -0.2) is 4.98 Å². The number of aromatic nitrogens is 2. The molecule has 0 N–H and O–H groups in total. The maximum Gasteiger partial charge on any atom is 0.134 e. The number of imidazole rings is 1. The van der Waals surface area contributed by atoms with Gasteiger partial charge in [-0.15, -0.1) is 0 Å². The molecule has 4 rings (SSSR count). The van der Waals surface area contributed by atoms with Gasteiger partial charge in [-0.2, -0.15) is 0 Å². The van der Waals surface area contributed by atoms with E-state index >= 15 is 0 Å². The van der Waals surface area contributed by atoms with Crippen LogP contribution in [0.5, 0.6) is 0 Å². The van der Waals surface area contributed by atoms with Crippen LogP contribution in [0, 0.1) is 5.92 Å². The maximum atomic E-state index is 5.84. The Labute approximate surface area is 141 Å². The van der Waals surface area contributed by atoms with Crippen LogP contribution in [0.4, 0.5) is 0 Å². The molecule has 1 aromatic carbocycles. The van der Waals surface area contributed by atoms with E-state index in [-0.39, 0.29) is 0 Å². The number of benzene rings is 1. The largest absolute Gasteiger partial charge is 0.464 e. The van der Waals surface area contributed by atoms with E-state index in [0.29, 0.717) is 5.92 Å². The van der Waals surface area contributed by atoms with Gasteiger partial charge in [0.2, 0.25) is 0 Å². The Hall–Kier alpha value is -2.11. The molecule has 5 nitrogen and oxygen atoms in total. The summed E-state index contributed by atoms with van der Waals surface area (Å²) in [6, 6.07) is 8.50. The van der Waals surface area contributed by atoms with E-state index in [2.05, 4.69) is 32.7 Å². The number of furan rings is 1. The van der Waals surface area contributed by atoms with Gasteiger partial charge < -0.3 is 13.7 Å². The minimum absolute atomic E-state index is 0.486. The van der Waals surface area contributed by atoms with Gasteiger partial charge in [-0.05, 0) is 30.0 Å². The van der Waals surface area contributed by atoms with Gasteiger partial charge in [0.15, 0.2) is 0 Å². The summed E-state index contributed by atoms with van der Waals surface area (Å²) in [6.45, 7) is 4.47. The highest BCUT2D eigenvalue weighted by Gasteiger charge is 2.20. The first-order valence-electron chi connectivity index (χ1n) is 8.50. The first-order chi connectivity index (χ1) is 11.8. The van der Waals surface area contributed by atoms with Crippen LogP contribution in [0.15, 0.2) is 47.3 Å². The minimum Gasteiger partial charge on any atom is -0.464 e. The molecule has 1 saturated heterocycles. The third kappa shape index (κ3) is 3.37. The van der Waals surface area contributed by atoms with Crippen LogP contribution in [0.3, 0.4) is 0 Å². The summed E-state index contributed by atoms with van der Waals surface area (Å²) in [4.78, 5) is 6.90. The molecule has 2 aromatic heterocycles. The monoisotopic (exact) mass is 325 g/mol. The number of ether oxygens (including phenoxy) is 1. The molecule has 0 spiro atoms. The second kappa shape index (κ2) is 6.79. The normalized spacial score (nSPS) is 19.6. The second-order valence-electron chi connectivity index (χ2n) is 6.63. The molecule has 5 heteroatoms. The van der Waals surface area contributed by atoms with Crippen molar-refractivity contribution in [1.29, 1.82) is 0 Å². The molecule has 1 fully saturated rings. The average Bonchev–Trinajstić information content (AvgIpc) is 3.13. The summed E-state index contributed by atoms with van der Waals surface area (Å²) >= 11 is 0. The van der Waals surface area contributed by atoms with Crippen molar-refractivity contribution in [3.05, 3.63) is 54.3 Å². The molecular formula is C19H23N3O2. The highest BCUT2D eigenvalue weighted by molar-refractivity contribution is 5.77. The summed E-state index contributed by atoms with van der Waals surface area (Å²) in [5.41, 5.74) is 2.27. The van der Waals surface area contributed by atoms with Crippen LogP contribution in [0.2, 0.25) is 0 Å². The lowest BCUT2D eigenvalue weighted by molar-refractivity contribution is 0.121. The molecule has 0 saturated carbocycles. The van der Waals surface area contributed by atoms with Crippen LogP contribution in [-0.4, -0.2) is 40.8 Å². The zero-order valence-corrected chi connectivity index (χ0v) is 14.0. The number of fused-ring (bicyclic) bond motifs is 1. The molecule has 126 valence electrons. The van der Waals surface area contributed by atoms with Gasteiger partial charge in [0.1, 0.15) is 11.4 Å². The van der Waals surface area contributed by atoms with Crippen LogP contribution >= 0.6 is 0 Å². The quantitative estimate of drug-likeness (QED) is 0.740. The summed E-state index contributed by atoms with van der Waals surface area (Å²) in [7, 11) is 2.05. The first kappa shape index (κ1) is 15.4. The summed E-state index contributed by atoms with van der Waals surface area (Å²) in [5.74, 6) is 1.59. The molecule has 0 amide bonds. The van der Waals surface area contributed by atoms with Gasteiger partial charge in [0.05, 0.1) is 26.0 Å². The highest BCUT2D eigenvalue weighted by Crippen LogP contribution is 2.21. The smallest absolute Gasteiger partial charge is 0.134 e. The molecule has 1 aliphatic rings. The summed E-state index contributed by atoms with van der Waals surface area (Å²) in [5, 5.41) is 1.16. The third-order valence-electron chi connectivity index (χ3n) is 4.75. The molecule has 0 bridgehead atoms. The third-order valence-corrected chi connectivity index (χ3v) is 4.75. The van der Waals surface area contributed by atoms with E-state index in [1.807, 2.05) is 25.5 Å². The lowest BCUT2D eigenvalue weighted by Crippen LogP contribution is -2.31. The van der Waals surface area contributed by atoms with Crippen molar-refractivity contribution in [3.8, 4) is 0 Å². The highest BCUT2D eigenvalue weighted by atomic mass is 16.5. The average molecular weight is 325 g/mol. The van der Waals surface area contributed by atoms with Crippen molar-refractivity contribution in [2.45, 2.75) is 13.0 Å². The number of nitrogens with zero attached hydrogens (tertiary/aromatic N) is 3. The Bertz CT molecular complexity index is 808. The van der Waals surface area contributed by atoms with E-state index in [9.17, 15) is 0 Å². The zero-order chi connectivity index (χ0) is 16.4. The number of hydrogen-bond donors (Lipinski definition) is 0. The molecule has 1 aliphatic heterocycles. The number of aryl methyl sites for hydroxylation is 1. The molecule has 1 atom stereocenters. The topological polar surface area (TPSA) is 43.4 Å². The van der Waals surface area contributed by atoms with Gasteiger partial charge in [0.25, 0.3) is 0 Å². The van der Waals surface area contributed by atoms with Gasteiger partial charge >= 0.3 is 0 Å². The number of hydrogen-bond acceptors (Lipinski definition) is 4. The zero-order valence-electron chi connectivity index (χ0n) is 14.0. The minimum atomic E-state index is 0.486. The fourth-order valence-corrected chi connectivity index (χ4v) is 3.43. The fraction of sp³-hybridized carbons (Fsp3) is 0.421. The van der Waals surface area contributed by atoms with E-state index in [0.717, 1.165) is 56.1 Å². The molecule has 24 heavy (non-hydrogen) atoms. The summed E-state index contributed by atoms with van der Waals surface area (Å²) in [6.07, 6.45) is 6.62. The van der Waals surface area contributed by atoms with Crippen molar-refractivity contribution in [2.24, 2.45) is 13.0 Å². The predicted molar refractivity (Wildman–Crippen MR) is 92.7 cm³/mol. The van der Waals surface area contributed by atoms with E-state index in [4.69, 9.17) is 9.15 Å². The lowest BCUT2D eigenvalue weighted by Gasteiger charge is -2.23. The standard InChI is InChI=1S/C19H23N3O2/c1-21-6-5-20-19(21)13-22-7-9-23-14-16(12-22)10-15-2-3-17-4-8-24-18(17)11-15/h2-6,8,11,16H,7,9-10,12-14H2,1H3/t16-/m1/s1. The van der Waals surface area contributed by atoms with Gasteiger partial charge in [0, 0.05) is 37.9 Å². The fourth-order valence-electron chi connectivity index (χ4n) is 3.43. The Morgan fingerprint density at radius 3 is 3.12 bits per heavy atom. The Morgan fingerprint density at radius 1 is 1.29 bits per heavy atom. The van der Waals surface area contributed by atoms with Crippen LogP contribution in [0.1, 0.15) is 11.4 Å². The molecule has 3 aromatic rings. The molecular weight excluding hydrogens is 302 g/mol. The van der Waals surface area contributed by atoms with Crippen molar-refractivity contribution in [3.63, 3.8) is 0 Å². The van der Waals surface area contributed by atoms with Crippen molar-refractivity contribution in [2.75, 3.05) is 26.3 Å². The van der Waals surface area contributed by atoms with Crippen LogP contribution in [-0.2, 0) is 24.8 Å². The van der Waals surface area contributed by atoms with Gasteiger partial charge in [-0.1, -0.05) is 12.1 Å². The second-order valence-corrected chi connectivity index (χ2v) is 6.63. The van der Waals surface area contributed by atoms with Crippen molar-refractivity contribution < 1.29 is 9.15 Å². The van der Waals surface area contributed by atoms with Crippen molar-refractivity contribution in [1.82, 2.24) is 14.5 Å². The Balaban J connectivity index is 1.44. The van der Waals surface area contributed by atoms with Crippen LogP contribution in [0.25, 0.3) is 11.0 Å². The predicted octanol–water partition coefficient (Wildman–Crippen LogP) is 2.86. The van der Waals surface area contributed by atoms with Crippen molar-refractivity contribution >= 4 is 11.0 Å². The first-order valence-corrected chi connectivity index (χ1v) is 8.50. The Kier molecular flexibility index (Phi) is 4.36. The maximum absolute atomic E-state index is 5.84. The van der Waals surface area contributed by atoms with E-state index in [1.165, 1.54) is 5.56 Å². The van der Waals surface area contributed by atoms with E-state index < -0.39 is 0 Å².